The summed E-state index contributed by atoms with van der Waals surface area (Å²) in [6.45, 7) is 1.87. The lowest BCUT2D eigenvalue weighted by atomic mass is 10.3. The Labute approximate surface area is 152 Å². The first kappa shape index (κ1) is 16.0. The van der Waals surface area contributed by atoms with Crippen LogP contribution in [0.5, 0.6) is 0 Å². The van der Waals surface area contributed by atoms with E-state index in [1.807, 2.05) is 42.6 Å². The molecule has 4 rings (SSSR count). The summed E-state index contributed by atoms with van der Waals surface area (Å²) in [6.07, 6.45) is 3.23. The molecule has 0 unspecified atom stereocenters. The molecule has 0 fully saturated rings. The lowest BCUT2D eigenvalue weighted by molar-refractivity contribution is 0.0951. The number of hydrogen-bond acceptors (Lipinski definition) is 8. The van der Waals surface area contributed by atoms with Crippen molar-refractivity contribution < 1.29 is 4.79 Å². The van der Waals surface area contributed by atoms with Crippen LogP contribution in [0.2, 0.25) is 0 Å². The zero-order chi connectivity index (χ0) is 18.1. The van der Waals surface area contributed by atoms with Gasteiger partial charge in [0.1, 0.15) is 12.7 Å². The summed E-state index contributed by atoms with van der Waals surface area (Å²) in [5.41, 5.74) is 8.42. The van der Waals surface area contributed by atoms with Crippen LogP contribution in [0.15, 0.2) is 48.4 Å². The first-order valence-corrected chi connectivity index (χ1v) is 8.53. The molecule has 0 aliphatic carbocycles. The molecule has 0 spiro atoms. The number of benzene rings is 1. The molecule has 10 heteroatoms. The predicted molar refractivity (Wildman–Crippen MR) is 97.9 cm³/mol. The van der Waals surface area contributed by atoms with E-state index in [-0.39, 0.29) is 17.8 Å². The minimum atomic E-state index is -0.293. The summed E-state index contributed by atoms with van der Waals surface area (Å²) in [7, 11) is 0. The summed E-state index contributed by atoms with van der Waals surface area (Å²) in [6, 6.07) is 9.38. The number of carbonyl (C=O) groups excluding carboxylic acids is 1. The fraction of sp³-hybridized carbons (Fsp3) is 0.0625. The van der Waals surface area contributed by atoms with Crippen LogP contribution in [0.4, 0.5) is 17.6 Å². The zero-order valence-electron chi connectivity index (χ0n) is 13.7. The van der Waals surface area contributed by atoms with E-state index in [9.17, 15) is 4.79 Å². The molecule has 3 N–H and O–H groups in total. The Hall–Kier alpha value is -3.53. The number of nitrogens with zero attached hydrogens (tertiary/aromatic N) is 6. The molecule has 0 saturated carbocycles. The number of thiophene rings is 1. The third kappa shape index (κ3) is 2.93. The largest absolute Gasteiger partial charge is 0.368 e. The lowest BCUT2D eigenvalue weighted by Crippen LogP contribution is -2.16. The number of nitrogen functional groups attached to an aromatic ring is 1. The lowest BCUT2D eigenvalue weighted by Gasteiger charge is -2.04. The summed E-state index contributed by atoms with van der Waals surface area (Å²) in [4.78, 5) is 17.2. The third-order valence-corrected chi connectivity index (χ3v) is 4.73. The van der Waals surface area contributed by atoms with Gasteiger partial charge in [-0.25, -0.2) is 0 Å². The fourth-order valence-electron chi connectivity index (χ4n) is 2.39. The van der Waals surface area contributed by atoms with Crippen molar-refractivity contribution in [3.05, 3.63) is 58.8 Å². The molecule has 0 saturated heterocycles. The van der Waals surface area contributed by atoms with Crippen LogP contribution in [-0.4, -0.2) is 35.4 Å². The van der Waals surface area contributed by atoms with E-state index in [0.29, 0.717) is 4.88 Å². The molecule has 26 heavy (non-hydrogen) atoms. The summed E-state index contributed by atoms with van der Waals surface area (Å²) >= 11 is 1.35. The second-order valence-electron chi connectivity index (χ2n) is 5.48. The highest BCUT2D eigenvalue weighted by Crippen LogP contribution is 2.20. The molecule has 0 aliphatic heterocycles. The van der Waals surface area contributed by atoms with Crippen LogP contribution in [0, 0.1) is 6.92 Å². The minimum Gasteiger partial charge on any atom is -0.368 e. The standard InChI is InChI=1S/C16H14N8OS/c1-10-6-7-26-13(10)14(25)24-15(17)21-16(22-24)20-11-2-4-12(5-3-11)23-8-18-19-9-23/h2-9H,1H3,(H3,17,20,21,22). The van der Waals surface area contributed by atoms with Crippen LogP contribution in [-0.2, 0) is 0 Å². The predicted octanol–water partition coefficient (Wildman–Crippen LogP) is 2.24. The number of rotatable bonds is 4. The molecule has 4 aromatic rings. The Morgan fingerprint density at radius 2 is 1.88 bits per heavy atom. The van der Waals surface area contributed by atoms with Crippen LogP contribution >= 0.6 is 11.3 Å². The molecule has 0 atom stereocenters. The van der Waals surface area contributed by atoms with Gasteiger partial charge in [0, 0.05) is 11.4 Å². The second-order valence-corrected chi connectivity index (χ2v) is 6.40. The Balaban J connectivity index is 1.54. The Kier molecular flexibility index (Phi) is 3.93. The highest BCUT2D eigenvalue weighted by atomic mass is 32.1. The van der Waals surface area contributed by atoms with Crippen molar-refractivity contribution in [2.75, 3.05) is 11.1 Å². The van der Waals surface area contributed by atoms with E-state index in [1.54, 1.807) is 17.2 Å². The molecular formula is C16H14N8OS. The Morgan fingerprint density at radius 3 is 2.54 bits per heavy atom. The molecule has 0 aliphatic rings. The smallest absolute Gasteiger partial charge is 0.291 e. The number of aromatic nitrogens is 6. The third-order valence-electron chi connectivity index (χ3n) is 3.72. The van der Waals surface area contributed by atoms with Gasteiger partial charge in [-0.1, -0.05) is 0 Å². The molecular weight excluding hydrogens is 352 g/mol. The van der Waals surface area contributed by atoms with Gasteiger partial charge in [0.15, 0.2) is 0 Å². The van der Waals surface area contributed by atoms with Crippen LogP contribution in [0.3, 0.4) is 0 Å². The topological polar surface area (TPSA) is 117 Å². The van der Waals surface area contributed by atoms with Crippen molar-refractivity contribution in [2.45, 2.75) is 6.92 Å². The van der Waals surface area contributed by atoms with Crippen LogP contribution in [0.25, 0.3) is 5.69 Å². The van der Waals surface area contributed by atoms with E-state index < -0.39 is 0 Å². The summed E-state index contributed by atoms with van der Waals surface area (Å²) < 4.78 is 2.89. The number of nitrogens with one attached hydrogen (secondary N) is 1. The van der Waals surface area contributed by atoms with Crippen LogP contribution < -0.4 is 11.1 Å². The molecule has 3 heterocycles. The van der Waals surface area contributed by atoms with E-state index >= 15 is 0 Å². The Morgan fingerprint density at radius 1 is 1.15 bits per heavy atom. The maximum atomic E-state index is 12.5. The molecule has 0 bridgehead atoms. The molecule has 3 aromatic heterocycles. The normalized spacial score (nSPS) is 10.8. The van der Waals surface area contributed by atoms with Crippen molar-refractivity contribution in [2.24, 2.45) is 0 Å². The first-order chi connectivity index (χ1) is 12.6. The zero-order valence-corrected chi connectivity index (χ0v) is 14.5. The quantitative estimate of drug-likeness (QED) is 0.569. The number of nitrogens with two attached hydrogens (primary N) is 1. The van der Waals surface area contributed by atoms with Gasteiger partial charge in [0.05, 0.1) is 4.88 Å². The fourth-order valence-corrected chi connectivity index (χ4v) is 3.24. The minimum absolute atomic E-state index is 0.0337. The van der Waals surface area contributed by atoms with Gasteiger partial charge in [-0.05, 0) is 48.2 Å². The monoisotopic (exact) mass is 366 g/mol. The number of anilines is 3. The van der Waals surface area contributed by atoms with Gasteiger partial charge in [0.25, 0.3) is 5.91 Å². The van der Waals surface area contributed by atoms with Crippen molar-refractivity contribution >= 4 is 34.8 Å². The average Bonchev–Trinajstić information content (AvgIpc) is 3.37. The maximum Gasteiger partial charge on any atom is 0.291 e. The van der Waals surface area contributed by atoms with E-state index in [1.165, 1.54) is 11.3 Å². The molecule has 130 valence electrons. The first-order valence-electron chi connectivity index (χ1n) is 7.65. The van der Waals surface area contributed by atoms with Gasteiger partial charge in [-0.2, -0.15) is 9.67 Å². The van der Waals surface area contributed by atoms with Crippen molar-refractivity contribution in [3.8, 4) is 5.69 Å². The van der Waals surface area contributed by atoms with E-state index in [0.717, 1.165) is 21.6 Å². The van der Waals surface area contributed by atoms with Gasteiger partial charge in [0.2, 0.25) is 11.9 Å². The highest BCUT2D eigenvalue weighted by Gasteiger charge is 2.18. The SMILES string of the molecule is Cc1ccsc1C(=O)n1nc(Nc2ccc(-n3cnnc3)cc2)nc1N. The number of hydrogen-bond donors (Lipinski definition) is 2. The molecule has 0 amide bonds. The van der Waals surface area contributed by atoms with Crippen LogP contribution in [0.1, 0.15) is 15.2 Å². The number of aryl methyl sites for hydroxylation is 1. The Bertz CT molecular complexity index is 1050. The van der Waals surface area contributed by atoms with Gasteiger partial charge >= 0.3 is 0 Å². The highest BCUT2D eigenvalue weighted by molar-refractivity contribution is 7.12. The van der Waals surface area contributed by atoms with E-state index in [2.05, 4.69) is 25.6 Å². The van der Waals surface area contributed by atoms with Crippen molar-refractivity contribution in [3.63, 3.8) is 0 Å². The molecule has 9 nitrogen and oxygen atoms in total. The van der Waals surface area contributed by atoms with Crippen molar-refractivity contribution in [1.29, 1.82) is 0 Å². The second kappa shape index (κ2) is 6.41. The maximum absolute atomic E-state index is 12.5. The summed E-state index contributed by atoms with van der Waals surface area (Å²) in [5.74, 6) is -0.00739. The molecule has 0 radical (unpaired) electrons. The summed E-state index contributed by atoms with van der Waals surface area (Å²) in [5, 5.41) is 16.6. The van der Waals surface area contributed by atoms with Gasteiger partial charge in [-0.3, -0.25) is 9.36 Å². The number of carbonyl (C=O) groups is 1. The van der Waals surface area contributed by atoms with Gasteiger partial charge < -0.3 is 11.1 Å². The van der Waals surface area contributed by atoms with Crippen molar-refractivity contribution in [1.82, 2.24) is 29.5 Å². The van der Waals surface area contributed by atoms with E-state index in [4.69, 9.17) is 5.73 Å². The van der Waals surface area contributed by atoms with Gasteiger partial charge in [-0.15, -0.1) is 26.6 Å². The molecule has 1 aromatic carbocycles. The average molecular weight is 366 g/mol.